The lowest BCUT2D eigenvalue weighted by atomic mass is 9.89. The summed E-state index contributed by atoms with van der Waals surface area (Å²) in [6, 6.07) is 25.3. The zero-order valence-electron chi connectivity index (χ0n) is 19.4. The number of carbonyl (C=O) groups is 1. The maximum atomic E-state index is 13.6. The monoisotopic (exact) mass is 478 g/mol. The molecule has 0 radical (unpaired) electrons. The van der Waals surface area contributed by atoms with Crippen molar-refractivity contribution in [3.8, 4) is 0 Å². The van der Waals surface area contributed by atoms with Crippen molar-refractivity contribution in [2.45, 2.75) is 37.5 Å². The van der Waals surface area contributed by atoms with E-state index in [0.29, 0.717) is 23.9 Å². The number of hydrogen-bond donors (Lipinski definition) is 1. The number of likely N-dealkylation sites (tertiary alicyclic amines) is 1. The minimum Gasteiger partial charge on any atom is -0.352 e. The van der Waals surface area contributed by atoms with Gasteiger partial charge in [-0.05, 0) is 47.4 Å². The smallest absolute Gasteiger partial charge is 0.352 e. The van der Waals surface area contributed by atoms with Crippen molar-refractivity contribution in [2.24, 2.45) is 11.8 Å². The van der Waals surface area contributed by atoms with Gasteiger partial charge in [0.2, 0.25) is 5.91 Å². The van der Waals surface area contributed by atoms with Gasteiger partial charge >= 0.3 is 6.18 Å². The van der Waals surface area contributed by atoms with Gasteiger partial charge in [0.15, 0.2) is 0 Å². The third-order valence-electron chi connectivity index (χ3n) is 7.45. The molecule has 3 aromatic carbocycles. The summed E-state index contributed by atoms with van der Waals surface area (Å²) in [4.78, 5) is 15.8. The van der Waals surface area contributed by atoms with E-state index < -0.39 is 11.7 Å². The lowest BCUT2D eigenvalue weighted by Crippen LogP contribution is -2.42. The Bertz CT molecular complexity index is 1110. The van der Waals surface area contributed by atoms with Crippen molar-refractivity contribution in [3.05, 3.63) is 107 Å². The van der Waals surface area contributed by atoms with Crippen LogP contribution < -0.4 is 5.32 Å². The molecule has 1 amide bonds. The molecule has 1 heterocycles. The number of rotatable bonds is 6. The predicted octanol–water partition coefficient (Wildman–Crippen LogP) is 5.86. The highest BCUT2D eigenvalue weighted by molar-refractivity contribution is 5.87. The molecule has 5 rings (SSSR count). The number of hydrogen-bond acceptors (Lipinski definition) is 2. The van der Waals surface area contributed by atoms with Gasteiger partial charge in [0, 0.05) is 25.7 Å². The highest BCUT2D eigenvalue weighted by Crippen LogP contribution is 2.39. The Balaban J connectivity index is 1.27. The summed E-state index contributed by atoms with van der Waals surface area (Å²) in [6.45, 7) is 2.13. The molecule has 1 aliphatic heterocycles. The van der Waals surface area contributed by atoms with Gasteiger partial charge in [-0.3, -0.25) is 9.69 Å². The minimum atomic E-state index is -4.33. The molecule has 1 saturated heterocycles. The molecule has 3 aromatic rings. The Labute approximate surface area is 204 Å². The van der Waals surface area contributed by atoms with Crippen molar-refractivity contribution in [2.75, 3.05) is 13.1 Å². The third kappa shape index (κ3) is 5.27. The molecule has 1 aliphatic carbocycles. The zero-order valence-corrected chi connectivity index (χ0v) is 19.4. The molecule has 0 spiro atoms. The molecule has 0 bridgehead atoms. The number of carbonyl (C=O) groups excluding carboxylic acids is 1. The molecule has 6 heteroatoms. The first kappa shape index (κ1) is 23.6. The number of alkyl halides is 3. The molecule has 1 N–H and O–H groups in total. The summed E-state index contributed by atoms with van der Waals surface area (Å²) >= 11 is 0. The second kappa shape index (κ2) is 9.86. The van der Waals surface area contributed by atoms with Gasteiger partial charge < -0.3 is 5.32 Å². The number of nitrogens with zero attached hydrogens (tertiary/aromatic N) is 1. The van der Waals surface area contributed by atoms with E-state index >= 15 is 0 Å². The van der Waals surface area contributed by atoms with Crippen LogP contribution in [0.5, 0.6) is 0 Å². The molecular formula is C29H29F3N2O. The Morgan fingerprint density at radius 1 is 0.886 bits per heavy atom. The van der Waals surface area contributed by atoms with Crippen molar-refractivity contribution in [1.29, 1.82) is 0 Å². The van der Waals surface area contributed by atoms with Gasteiger partial charge in [-0.1, -0.05) is 78.9 Å². The van der Waals surface area contributed by atoms with E-state index in [1.807, 2.05) is 60.7 Å². The van der Waals surface area contributed by atoms with Crippen molar-refractivity contribution >= 4 is 5.91 Å². The first-order valence-electron chi connectivity index (χ1n) is 12.2. The molecule has 1 saturated carbocycles. The maximum Gasteiger partial charge on any atom is 0.416 e. The van der Waals surface area contributed by atoms with Crippen molar-refractivity contribution in [1.82, 2.24) is 10.2 Å². The molecule has 0 unspecified atom stereocenters. The number of benzene rings is 3. The highest BCUT2D eigenvalue weighted by atomic mass is 19.4. The fourth-order valence-electron chi connectivity index (χ4n) is 5.82. The van der Waals surface area contributed by atoms with Gasteiger partial charge in [-0.25, -0.2) is 0 Å². The molecule has 3 atom stereocenters. The quantitative estimate of drug-likeness (QED) is 0.481. The average molecular weight is 479 g/mol. The number of halogens is 3. The van der Waals surface area contributed by atoms with Crippen molar-refractivity contribution in [3.63, 3.8) is 0 Å². The van der Waals surface area contributed by atoms with E-state index in [2.05, 4.69) is 10.2 Å². The molecule has 2 aliphatic rings. The summed E-state index contributed by atoms with van der Waals surface area (Å²) in [5.41, 5.74) is 1.99. The van der Waals surface area contributed by atoms with Gasteiger partial charge in [0.25, 0.3) is 0 Å². The molecule has 3 nitrogen and oxygen atoms in total. The largest absolute Gasteiger partial charge is 0.416 e. The maximum absolute atomic E-state index is 13.6. The van der Waals surface area contributed by atoms with Crippen LogP contribution in [-0.2, 0) is 17.5 Å². The van der Waals surface area contributed by atoms with E-state index in [1.165, 1.54) is 12.1 Å². The predicted molar refractivity (Wildman–Crippen MR) is 130 cm³/mol. The third-order valence-corrected chi connectivity index (χ3v) is 7.45. The number of fused-ring (bicyclic) bond motifs is 1. The van der Waals surface area contributed by atoms with Crippen LogP contribution in [0.4, 0.5) is 13.2 Å². The number of nitrogens with one attached hydrogen (secondary N) is 1. The molecule has 182 valence electrons. The highest BCUT2D eigenvalue weighted by Gasteiger charge is 2.43. The van der Waals surface area contributed by atoms with Crippen LogP contribution in [0.25, 0.3) is 0 Å². The Kier molecular flexibility index (Phi) is 6.65. The van der Waals surface area contributed by atoms with Crippen LogP contribution in [-0.4, -0.2) is 29.9 Å². The van der Waals surface area contributed by atoms with E-state index in [1.54, 1.807) is 6.07 Å². The summed E-state index contributed by atoms with van der Waals surface area (Å²) in [5, 5.41) is 3.35. The Hall–Kier alpha value is -3.12. The first-order chi connectivity index (χ1) is 16.9. The van der Waals surface area contributed by atoms with Gasteiger partial charge in [-0.2, -0.15) is 13.2 Å². The topological polar surface area (TPSA) is 32.3 Å². The van der Waals surface area contributed by atoms with Crippen LogP contribution >= 0.6 is 0 Å². The molecule has 2 fully saturated rings. The fraction of sp³-hybridized carbons (Fsp3) is 0.345. The Morgan fingerprint density at radius 2 is 1.54 bits per heavy atom. The van der Waals surface area contributed by atoms with E-state index in [-0.39, 0.29) is 17.9 Å². The summed E-state index contributed by atoms with van der Waals surface area (Å²) in [6.07, 6.45) is -2.37. The fourth-order valence-corrected chi connectivity index (χ4v) is 5.82. The standard InChI is InChI=1S/C29H29F3N2O/c30-29(31,32)24-13-7-8-20(16-24)17-34-18-23-14-15-26(25(23)19-34)33-28(35)27(21-9-3-1-4-10-21)22-11-5-2-6-12-22/h1-13,16,23,25-27H,14-15,17-19H2,(H,33,35)/t23-,25-,26+/m1/s1. The molecular weight excluding hydrogens is 449 g/mol. The van der Waals surface area contributed by atoms with Crippen LogP contribution in [0.15, 0.2) is 84.9 Å². The zero-order chi connectivity index (χ0) is 24.4. The van der Waals surface area contributed by atoms with Gasteiger partial charge in [0.05, 0.1) is 11.5 Å². The first-order valence-corrected chi connectivity index (χ1v) is 12.2. The van der Waals surface area contributed by atoms with Crippen molar-refractivity contribution < 1.29 is 18.0 Å². The lowest BCUT2D eigenvalue weighted by molar-refractivity contribution is -0.137. The van der Waals surface area contributed by atoms with Gasteiger partial charge in [-0.15, -0.1) is 0 Å². The van der Waals surface area contributed by atoms with Crippen LogP contribution in [0, 0.1) is 11.8 Å². The van der Waals surface area contributed by atoms with E-state index in [0.717, 1.165) is 43.1 Å². The second-order valence-corrected chi connectivity index (χ2v) is 9.76. The van der Waals surface area contributed by atoms with Crippen LogP contribution in [0.1, 0.15) is 41.0 Å². The Morgan fingerprint density at radius 3 is 2.17 bits per heavy atom. The molecule has 35 heavy (non-hydrogen) atoms. The number of amides is 1. The SMILES string of the molecule is O=C(N[C@H]1CC[C@@H]2CN(Cc3cccc(C(F)(F)F)c3)C[C@H]21)C(c1ccccc1)c1ccccc1. The minimum absolute atomic E-state index is 0.00405. The lowest BCUT2D eigenvalue weighted by Gasteiger charge is -2.25. The summed E-state index contributed by atoms with van der Waals surface area (Å²) in [5.74, 6) is 0.401. The summed E-state index contributed by atoms with van der Waals surface area (Å²) in [7, 11) is 0. The second-order valence-electron chi connectivity index (χ2n) is 9.76. The van der Waals surface area contributed by atoms with Crippen LogP contribution in [0.2, 0.25) is 0 Å². The normalized spacial score (nSPS) is 22.3. The van der Waals surface area contributed by atoms with Crippen LogP contribution in [0.3, 0.4) is 0 Å². The molecule has 0 aromatic heterocycles. The van der Waals surface area contributed by atoms with E-state index in [9.17, 15) is 18.0 Å². The van der Waals surface area contributed by atoms with Gasteiger partial charge in [0.1, 0.15) is 0 Å². The summed E-state index contributed by atoms with van der Waals surface area (Å²) < 4.78 is 39.3. The van der Waals surface area contributed by atoms with E-state index in [4.69, 9.17) is 0 Å². The average Bonchev–Trinajstić information content (AvgIpc) is 3.41.